The minimum Gasteiger partial charge on any atom is -0.461 e. The Hall–Kier alpha value is -2.12. The van der Waals surface area contributed by atoms with Gasteiger partial charge in [-0.1, -0.05) is 0 Å². The Bertz CT molecular complexity index is 575. The van der Waals surface area contributed by atoms with Crippen LogP contribution in [0.1, 0.15) is 29.4 Å². The molecule has 8 heteroatoms. The number of aromatic nitrogens is 1. The lowest BCUT2D eigenvalue weighted by molar-refractivity contribution is -0.138. The van der Waals surface area contributed by atoms with E-state index in [1.165, 1.54) is 0 Å². The van der Waals surface area contributed by atoms with Crippen LogP contribution in [0.2, 0.25) is 0 Å². The number of amides is 1. The third kappa shape index (κ3) is 3.55. The number of hydrogen-bond acceptors (Lipinski definition) is 4. The molecule has 0 saturated carbocycles. The SMILES string of the molecule is CCN1C[C@H](COC(=O)c2ncccc2C(F)(F)F)CC1=O. The molecule has 0 spiro atoms. The number of nitrogens with zero attached hydrogens (tertiary/aromatic N) is 2. The van der Waals surface area contributed by atoms with Crippen LogP contribution in [0.25, 0.3) is 0 Å². The largest absolute Gasteiger partial charge is 0.461 e. The van der Waals surface area contributed by atoms with Gasteiger partial charge in [0, 0.05) is 31.6 Å². The molecule has 1 aliphatic heterocycles. The summed E-state index contributed by atoms with van der Waals surface area (Å²) < 4.78 is 43.3. The second-order valence-electron chi connectivity index (χ2n) is 5.00. The van der Waals surface area contributed by atoms with Crippen molar-refractivity contribution in [2.75, 3.05) is 19.7 Å². The minimum atomic E-state index is -4.68. The van der Waals surface area contributed by atoms with Crippen molar-refractivity contribution in [2.45, 2.75) is 19.5 Å². The van der Waals surface area contributed by atoms with Crippen LogP contribution in [0.4, 0.5) is 13.2 Å². The van der Waals surface area contributed by atoms with Crippen LogP contribution in [-0.2, 0) is 15.7 Å². The van der Waals surface area contributed by atoms with Crippen molar-refractivity contribution in [1.82, 2.24) is 9.88 Å². The van der Waals surface area contributed by atoms with Crippen molar-refractivity contribution in [3.8, 4) is 0 Å². The topological polar surface area (TPSA) is 59.5 Å². The molecule has 5 nitrogen and oxygen atoms in total. The Labute approximate surface area is 125 Å². The van der Waals surface area contributed by atoms with Gasteiger partial charge in [-0.15, -0.1) is 0 Å². The lowest BCUT2D eigenvalue weighted by Crippen LogP contribution is -2.25. The zero-order chi connectivity index (χ0) is 16.3. The molecule has 1 amide bonds. The Morgan fingerprint density at radius 3 is 2.82 bits per heavy atom. The second kappa shape index (κ2) is 6.33. The molecule has 1 aliphatic rings. The summed E-state index contributed by atoms with van der Waals surface area (Å²) in [6.45, 7) is 2.73. The van der Waals surface area contributed by atoms with Crippen LogP contribution >= 0.6 is 0 Å². The molecule has 1 fully saturated rings. The molecule has 0 N–H and O–H groups in total. The molecular formula is C14H15F3N2O3. The van der Waals surface area contributed by atoms with E-state index in [-0.39, 0.29) is 24.9 Å². The molecule has 1 aromatic heterocycles. The van der Waals surface area contributed by atoms with Gasteiger partial charge in [0.05, 0.1) is 12.2 Å². The molecular weight excluding hydrogens is 301 g/mol. The first kappa shape index (κ1) is 16.3. The van der Waals surface area contributed by atoms with Crippen LogP contribution in [0.15, 0.2) is 18.3 Å². The van der Waals surface area contributed by atoms with Crippen molar-refractivity contribution >= 4 is 11.9 Å². The Kier molecular flexibility index (Phi) is 4.68. The van der Waals surface area contributed by atoms with Gasteiger partial charge in [0.2, 0.25) is 5.91 Å². The normalized spacial score (nSPS) is 18.6. The standard InChI is InChI=1S/C14H15F3N2O3/c1-2-19-7-9(6-11(19)20)8-22-13(21)12-10(14(15,16)17)4-3-5-18-12/h3-5,9H,2,6-8H2,1H3/t9-/m1/s1. The van der Waals surface area contributed by atoms with Gasteiger partial charge in [-0.25, -0.2) is 9.78 Å². The number of alkyl halides is 3. The number of carbonyl (C=O) groups is 2. The highest BCUT2D eigenvalue weighted by atomic mass is 19.4. The molecule has 120 valence electrons. The summed E-state index contributed by atoms with van der Waals surface area (Å²) in [6, 6.07) is 1.88. The van der Waals surface area contributed by atoms with Crippen LogP contribution in [0.5, 0.6) is 0 Å². The average molecular weight is 316 g/mol. The van der Waals surface area contributed by atoms with E-state index in [0.717, 1.165) is 18.3 Å². The van der Waals surface area contributed by atoms with E-state index >= 15 is 0 Å². The molecule has 1 saturated heterocycles. The molecule has 2 heterocycles. The maximum absolute atomic E-state index is 12.8. The summed E-state index contributed by atoms with van der Waals surface area (Å²) >= 11 is 0. The van der Waals surface area contributed by atoms with Crippen molar-refractivity contribution in [3.63, 3.8) is 0 Å². The highest BCUT2D eigenvalue weighted by Crippen LogP contribution is 2.31. The fourth-order valence-corrected chi connectivity index (χ4v) is 2.33. The molecule has 0 radical (unpaired) electrons. The fourth-order valence-electron chi connectivity index (χ4n) is 2.33. The number of likely N-dealkylation sites (tertiary alicyclic amines) is 1. The average Bonchev–Trinajstić information content (AvgIpc) is 2.84. The van der Waals surface area contributed by atoms with Gasteiger partial charge in [-0.2, -0.15) is 13.2 Å². The van der Waals surface area contributed by atoms with E-state index in [2.05, 4.69) is 4.98 Å². The maximum atomic E-state index is 12.8. The summed E-state index contributed by atoms with van der Waals surface area (Å²) in [5.41, 5.74) is -1.88. The number of carbonyl (C=O) groups excluding carboxylic acids is 2. The first-order valence-corrected chi connectivity index (χ1v) is 6.80. The predicted octanol–water partition coefficient (Wildman–Crippen LogP) is 2.13. The van der Waals surface area contributed by atoms with Gasteiger partial charge in [-0.3, -0.25) is 4.79 Å². The fraction of sp³-hybridized carbons (Fsp3) is 0.500. The molecule has 2 rings (SSSR count). The van der Waals surface area contributed by atoms with Crippen molar-refractivity contribution < 1.29 is 27.5 Å². The Morgan fingerprint density at radius 1 is 1.50 bits per heavy atom. The summed E-state index contributed by atoms with van der Waals surface area (Å²) in [5.74, 6) is -1.37. The molecule has 1 aromatic rings. The Balaban J connectivity index is 2.01. The summed E-state index contributed by atoms with van der Waals surface area (Å²) in [5, 5.41) is 0. The molecule has 0 aliphatic carbocycles. The summed E-state index contributed by atoms with van der Waals surface area (Å²) in [7, 11) is 0. The number of halogens is 3. The number of hydrogen-bond donors (Lipinski definition) is 0. The minimum absolute atomic E-state index is 0.0441. The summed E-state index contributed by atoms with van der Waals surface area (Å²) in [6.07, 6.45) is -3.34. The number of ether oxygens (including phenoxy) is 1. The maximum Gasteiger partial charge on any atom is 0.418 e. The summed E-state index contributed by atoms with van der Waals surface area (Å²) in [4.78, 5) is 28.4. The first-order chi connectivity index (χ1) is 10.3. The van der Waals surface area contributed by atoms with E-state index in [0.29, 0.717) is 13.1 Å². The third-order valence-electron chi connectivity index (χ3n) is 3.43. The van der Waals surface area contributed by atoms with Gasteiger partial charge >= 0.3 is 12.1 Å². The predicted molar refractivity (Wildman–Crippen MR) is 69.9 cm³/mol. The molecule has 0 bridgehead atoms. The van der Waals surface area contributed by atoms with Gasteiger partial charge in [0.25, 0.3) is 0 Å². The highest BCUT2D eigenvalue weighted by molar-refractivity contribution is 5.89. The molecule has 22 heavy (non-hydrogen) atoms. The first-order valence-electron chi connectivity index (χ1n) is 6.80. The van der Waals surface area contributed by atoms with Crippen LogP contribution in [-0.4, -0.2) is 41.5 Å². The van der Waals surface area contributed by atoms with Crippen LogP contribution < -0.4 is 0 Å². The Morgan fingerprint density at radius 2 is 2.23 bits per heavy atom. The van der Waals surface area contributed by atoms with Gasteiger partial charge in [0.1, 0.15) is 0 Å². The van der Waals surface area contributed by atoms with E-state index in [1.54, 1.807) is 4.90 Å². The highest BCUT2D eigenvalue weighted by Gasteiger charge is 2.37. The van der Waals surface area contributed by atoms with E-state index < -0.39 is 23.4 Å². The van der Waals surface area contributed by atoms with Crippen molar-refractivity contribution in [3.05, 3.63) is 29.6 Å². The van der Waals surface area contributed by atoms with E-state index in [9.17, 15) is 22.8 Å². The van der Waals surface area contributed by atoms with Crippen molar-refractivity contribution in [1.29, 1.82) is 0 Å². The van der Waals surface area contributed by atoms with E-state index in [1.807, 2.05) is 6.92 Å². The van der Waals surface area contributed by atoms with Gasteiger partial charge in [-0.05, 0) is 19.1 Å². The van der Waals surface area contributed by atoms with Gasteiger partial charge < -0.3 is 9.64 Å². The number of pyridine rings is 1. The lowest BCUT2D eigenvalue weighted by atomic mass is 10.1. The van der Waals surface area contributed by atoms with Crippen molar-refractivity contribution in [2.24, 2.45) is 5.92 Å². The second-order valence-corrected chi connectivity index (χ2v) is 5.00. The van der Waals surface area contributed by atoms with Gasteiger partial charge in [0.15, 0.2) is 5.69 Å². The number of rotatable bonds is 4. The van der Waals surface area contributed by atoms with Crippen LogP contribution in [0, 0.1) is 5.92 Å². The molecule has 1 atom stereocenters. The monoisotopic (exact) mass is 316 g/mol. The lowest BCUT2D eigenvalue weighted by Gasteiger charge is -2.14. The molecule has 0 aromatic carbocycles. The zero-order valence-corrected chi connectivity index (χ0v) is 11.9. The van der Waals surface area contributed by atoms with Crippen LogP contribution in [0.3, 0.4) is 0 Å². The van der Waals surface area contributed by atoms with E-state index in [4.69, 9.17) is 4.74 Å². The third-order valence-corrected chi connectivity index (χ3v) is 3.43. The smallest absolute Gasteiger partial charge is 0.418 e. The quantitative estimate of drug-likeness (QED) is 0.799. The zero-order valence-electron chi connectivity index (χ0n) is 11.9. The molecule has 0 unspecified atom stereocenters. The number of esters is 1.